The van der Waals surface area contributed by atoms with Crippen molar-refractivity contribution in [3.05, 3.63) is 40.7 Å². The number of nitrogens with one attached hydrogen (secondary N) is 3. The number of hydrogen-bond donors (Lipinski definition) is 3. The average molecular weight is 619 g/mol. The first-order valence-electron chi connectivity index (χ1n) is 13.9. The highest BCUT2D eigenvalue weighted by molar-refractivity contribution is 5.93. The fourth-order valence-corrected chi connectivity index (χ4v) is 5.40. The standard InChI is InChI=1S/C27H29F7N6O3/c1-26(31,32)11-35-24(41)15(10-17(28)29)14-4-5-16-21(18(14)30)37-23(36-16)20(13-6-8-27(33,34)9-7-13)38-25(42)22-19(12-2-3-12)39-43-40-22/h4-5,12-13,15,17,20H,2-3,6-11H2,1H3,(H,35,41)(H,36,37)(H,38,42)/t15-,20-/m0/s1. The lowest BCUT2D eigenvalue weighted by atomic mass is 9.81. The van der Waals surface area contributed by atoms with Crippen LogP contribution in [0.4, 0.5) is 30.7 Å². The number of aromatic amines is 1. The van der Waals surface area contributed by atoms with E-state index >= 15 is 4.39 Å². The second-order valence-electron chi connectivity index (χ2n) is 11.4. The Morgan fingerprint density at radius 3 is 2.47 bits per heavy atom. The van der Waals surface area contributed by atoms with Gasteiger partial charge >= 0.3 is 0 Å². The molecule has 0 bridgehead atoms. The number of halogens is 7. The van der Waals surface area contributed by atoms with Crippen LogP contribution in [0.15, 0.2) is 16.8 Å². The van der Waals surface area contributed by atoms with Crippen LogP contribution in [0.1, 0.15) is 97.3 Å². The second-order valence-corrected chi connectivity index (χ2v) is 11.4. The first-order chi connectivity index (χ1) is 20.2. The highest BCUT2D eigenvalue weighted by Gasteiger charge is 2.41. The molecule has 5 rings (SSSR count). The molecule has 0 saturated heterocycles. The van der Waals surface area contributed by atoms with Crippen molar-refractivity contribution < 1.29 is 45.0 Å². The maximum absolute atomic E-state index is 15.8. The molecule has 3 N–H and O–H groups in total. The molecule has 0 unspecified atom stereocenters. The molecular weight excluding hydrogens is 589 g/mol. The van der Waals surface area contributed by atoms with Gasteiger partial charge in [-0.2, -0.15) is 0 Å². The molecule has 2 heterocycles. The number of nitrogens with zero attached hydrogens (tertiary/aromatic N) is 3. The Hall–Kier alpha value is -3.72. The van der Waals surface area contributed by atoms with Gasteiger partial charge in [0.15, 0.2) is 11.5 Å². The van der Waals surface area contributed by atoms with Gasteiger partial charge in [-0.15, -0.1) is 0 Å². The lowest BCUT2D eigenvalue weighted by Gasteiger charge is -2.33. The Morgan fingerprint density at radius 2 is 1.84 bits per heavy atom. The minimum atomic E-state index is -3.32. The predicted molar refractivity (Wildman–Crippen MR) is 136 cm³/mol. The number of benzene rings is 1. The zero-order valence-corrected chi connectivity index (χ0v) is 22.9. The molecule has 2 fully saturated rings. The first-order valence-corrected chi connectivity index (χ1v) is 13.9. The van der Waals surface area contributed by atoms with Gasteiger partial charge in [-0.25, -0.2) is 40.3 Å². The molecule has 9 nitrogen and oxygen atoms in total. The third-order valence-corrected chi connectivity index (χ3v) is 7.83. The Labute approximate surface area is 240 Å². The molecule has 0 spiro atoms. The van der Waals surface area contributed by atoms with E-state index in [0.29, 0.717) is 12.6 Å². The Morgan fingerprint density at radius 1 is 1.14 bits per heavy atom. The quantitative estimate of drug-likeness (QED) is 0.235. The van der Waals surface area contributed by atoms with E-state index in [0.717, 1.165) is 18.9 Å². The molecule has 2 aliphatic carbocycles. The van der Waals surface area contributed by atoms with Crippen molar-refractivity contribution in [3.63, 3.8) is 0 Å². The van der Waals surface area contributed by atoms with Crippen LogP contribution in [0.2, 0.25) is 0 Å². The van der Waals surface area contributed by atoms with Crippen molar-refractivity contribution in [2.45, 2.75) is 88.0 Å². The molecule has 2 saturated carbocycles. The van der Waals surface area contributed by atoms with Crippen molar-refractivity contribution in [3.8, 4) is 0 Å². The number of fused-ring (bicyclic) bond motifs is 1. The summed E-state index contributed by atoms with van der Waals surface area (Å²) in [5.41, 5.74) is -0.451. The minimum absolute atomic E-state index is 0.00790. The van der Waals surface area contributed by atoms with Crippen molar-refractivity contribution in [1.82, 2.24) is 30.9 Å². The Bertz CT molecular complexity index is 1470. The van der Waals surface area contributed by atoms with E-state index in [1.54, 1.807) is 0 Å². The van der Waals surface area contributed by atoms with Crippen LogP contribution < -0.4 is 10.6 Å². The summed E-state index contributed by atoms with van der Waals surface area (Å²) in [7, 11) is 0. The third-order valence-electron chi connectivity index (χ3n) is 7.83. The van der Waals surface area contributed by atoms with E-state index in [9.17, 15) is 35.9 Å². The number of carbonyl (C=O) groups is 2. The van der Waals surface area contributed by atoms with E-state index in [1.165, 1.54) is 6.07 Å². The number of rotatable bonds is 11. The largest absolute Gasteiger partial charge is 0.350 e. The number of aromatic nitrogens is 4. The molecule has 0 aliphatic heterocycles. The lowest BCUT2D eigenvalue weighted by Crippen LogP contribution is -2.38. The SMILES string of the molecule is CC(F)(F)CNC(=O)[C@@H](CC(F)F)c1ccc2[nH]c([C@@H](NC(=O)c3nonc3C3CC3)C3CCC(F)(F)CC3)nc2c1F. The number of amides is 2. The van der Waals surface area contributed by atoms with E-state index in [4.69, 9.17) is 4.63 Å². The van der Waals surface area contributed by atoms with Crippen molar-refractivity contribution in [2.75, 3.05) is 6.54 Å². The summed E-state index contributed by atoms with van der Waals surface area (Å²) >= 11 is 0. The van der Waals surface area contributed by atoms with Gasteiger partial charge in [-0.05, 0) is 42.8 Å². The summed E-state index contributed by atoms with van der Waals surface area (Å²) in [6.45, 7) is -0.602. The molecule has 3 aromatic rings. The van der Waals surface area contributed by atoms with Gasteiger partial charge in [0.1, 0.15) is 17.0 Å². The van der Waals surface area contributed by atoms with Gasteiger partial charge in [-0.3, -0.25) is 9.59 Å². The number of alkyl halides is 6. The summed E-state index contributed by atoms with van der Waals surface area (Å²) in [6, 6.07) is 1.36. The molecule has 234 valence electrons. The van der Waals surface area contributed by atoms with Crippen LogP contribution >= 0.6 is 0 Å². The normalized spacial score (nSPS) is 19.0. The highest BCUT2D eigenvalue weighted by Crippen LogP contribution is 2.43. The number of H-pyrrole nitrogens is 1. The maximum atomic E-state index is 15.8. The van der Waals surface area contributed by atoms with Gasteiger partial charge in [0, 0.05) is 37.7 Å². The zero-order chi connectivity index (χ0) is 31.1. The summed E-state index contributed by atoms with van der Waals surface area (Å²) in [6.07, 6.45) is -3.46. The fraction of sp³-hybridized carbons (Fsp3) is 0.593. The molecule has 2 aliphatic rings. The maximum Gasteiger partial charge on any atom is 0.276 e. The van der Waals surface area contributed by atoms with Crippen molar-refractivity contribution in [2.24, 2.45) is 5.92 Å². The summed E-state index contributed by atoms with van der Waals surface area (Å²) < 4.78 is 102. The topological polar surface area (TPSA) is 126 Å². The molecule has 2 atom stereocenters. The van der Waals surface area contributed by atoms with Gasteiger partial charge < -0.3 is 15.6 Å². The Kier molecular flexibility index (Phi) is 8.40. The van der Waals surface area contributed by atoms with Crippen molar-refractivity contribution in [1.29, 1.82) is 0 Å². The molecule has 2 aromatic heterocycles. The summed E-state index contributed by atoms with van der Waals surface area (Å²) in [4.78, 5) is 33.0. The van der Waals surface area contributed by atoms with Crippen LogP contribution in [-0.4, -0.2) is 56.9 Å². The lowest BCUT2D eigenvalue weighted by molar-refractivity contribution is -0.125. The predicted octanol–water partition coefficient (Wildman–Crippen LogP) is 5.77. The monoisotopic (exact) mass is 618 g/mol. The molecule has 43 heavy (non-hydrogen) atoms. The first kappa shape index (κ1) is 30.7. The van der Waals surface area contributed by atoms with Gasteiger partial charge in [-0.1, -0.05) is 11.2 Å². The minimum Gasteiger partial charge on any atom is -0.350 e. The smallest absolute Gasteiger partial charge is 0.276 e. The van der Waals surface area contributed by atoms with Gasteiger partial charge in [0.05, 0.1) is 24.0 Å². The molecule has 0 radical (unpaired) electrons. The van der Waals surface area contributed by atoms with Crippen LogP contribution in [0.3, 0.4) is 0 Å². The van der Waals surface area contributed by atoms with E-state index < -0.39 is 85.2 Å². The Balaban J connectivity index is 1.47. The summed E-state index contributed by atoms with van der Waals surface area (Å²) in [5.74, 6) is -11.6. The average Bonchev–Trinajstić information content (AvgIpc) is 3.47. The van der Waals surface area contributed by atoms with Crippen LogP contribution in [0, 0.1) is 11.7 Å². The third kappa shape index (κ3) is 7.09. The zero-order valence-electron chi connectivity index (χ0n) is 22.9. The van der Waals surface area contributed by atoms with Crippen molar-refractivity contribution >= 4 is 22.8 Å². The van der Waals surface area contributed by atoms with E-state index in [1.807, 2.05) is 5.32 Å². The van der Waals surface area contributed by atoms with Gasteiger partial charge in [0.25, 0.3) is 11.8 Å². The number of imidazole rings is 1. The molecular formula is C27H29F7N6O3. The second kappa shape index (κ2) is 11.8. The number of carbonyl (C=O) groups excluding carboxylic acids is 2. The van der Waals surface area contributed by atoms with Gasteiger partial charge in [0.2, 0.25) is 18.3 Å². The molecule has 16 heteroatoms. The van der Waals surface area contributed by atoms with Crippen LogP contribution in [-0.2, 0) is 4.79 Å². The van der Waals surface area contributed by atoms with E-state index in [2.05, 4.69) is 25.6 Å². The highest BCUT2D eigenvalue weighted by atomic mass is 19.3. The molecule has 2 amide bonds. The fourth-order valence-electron chi connectivity index (χ4n) is 5.40. The molecule has 1 aromatic carbocycles. The van der Waals surface area contributed by atoms with Crippen LogP contribution in [0.5, 0.6) is 0 Å². The van der Waals surface area contributed by atoms with E-state index in [-0.39, 0.29) is 41.3 Å². The summed E-state index contributed by atoms with van der Waals surface area (Å²) in [5, 5.41) is 12.1. The number of hydrogen-bond acceptors (Lipinski definition) is 6. The van der Waals surface area contributed by atoms with Crippen LogP contribution in [0.25, 0.3) is 11.0 Å².